The number of carbonyl (C=O) groups excluding carboxylic acids is 1. The standard InChI is InChI=1S/C20H20N2O5/c1-3-26-18-11-15-9-13(2)27-19(15)10-14(18)7-8-20(23)21-16-5-4-6-17(12-16)22(24)25/h4-8,10-13H,3,9H2,1-2H3,(H,21,23)/b8-7+/t13-/m1/s1. The van der Waals surface area contributed by atoms with E-state index in [9.17, 15) is 14.9 Å². The molecule has 0 bridgehead atoms. The van der Waals surface area contributed by atoms with E-state index in [0.29, 0.717) is 18.0 Å². The molecule has 1 amide bonds. The minimum absolute atomic E-state index is 0.0831. The molecule has 2 aromatic carbocycles. The molecular formula is C20H20N2O5. The third-order valence-electron chi connectivity index (χ3n) is 4.07. The molecule has 3 rings (SSSR count). The Morgan fingerprint density at radius 1 is 1.41 bits per heavy atom. The van der Waals surface area contributed by atoms with Crippen molar-refractivity contribution in [3.63, 3.8) is 0 Å². The number of nitrogens with one attached hydrogen (secondary N) is 1. The van der Waals surface area contributed by atoms with Crippen molar-refractivity contribution in [2.24, 2.45) is 0 Å². The second-order valence-electron chi connectivity index (χ2n) is 6.19. The summed E-state index contributed by atoms with van der Waals surface area (Å²) in [5.41, 5.74) is 2.10. The van der Waals surface area contributed by atoms with Gasteiger partial charge in [-0.15, -0.1) is 0 Å². The van der Waals surface area contributed by atoms with E-state index in [1.165, 1.54) is 24.3 Å². The lowest BCUT2D eigenvalue weighted by molar-refractivity contribution is -0.384. The average molecular weight is 368 g/mol. The Bertz CT molecular complexity index is 907. The van der Waals surface area contributed by atoms with Gasteiger partial charge in [0, 0.05) is 41.4 Å². The van der Waals surface area contributed by atoms with Crippen LogP contribution in [-0.2, 0) is 11.2 Å². The van der Waals surface area contributed by atoms with Gasteiger partial charge in [0.2, 0.25) is 5.91 Å². The van der Waals surface area contributed by atoms with Crippen LogP contribution in [0.4, 0.5) is 11.4 Å². The number of nitrogens with zero attached hydrogens (tertiary/aromatic N) is 1. The molecule has 0 aliphatic carbocycles. The van der Waals surface area contributed by atoms with Crippen LogP contribution in [-0.4, -0.2) is 23.5 Å². The van der Waals surface area contributed by atoms with Gasteiger partial charge in [-0.05, 0) is 38.1 Å². The van der Waals surface area contributed by atoms with Gasteiger partial charge in [-0.2, -0.15) is 0 Å². The summed E-state index contributed by atoms with van der Waals surface area (Å²) in [6.45, 7) is 4.41. The predicted octanol–water partition coefficient (Wildman–Crippen LogP) is 3.97. The molecule has 0 spiro atoms. The zero-order valence-electron chi connectivity index (χ0n) is 15.1. The summed E-state index contributed by atoms with van der Waals surface area (Å²) in [4.78, 5) is 22.5. The average Bonchev–Trinajstić information content (AvgIpc) is 2.99. The summed E-state index contributed by atoms with van der Waals surface area (Å²) < 4.78 is 11.4. The Labute approximate surface area is 156 Å². The maximum Gasteiger partial charge on any atom is 0.271 e. The van der Waals surface area contributed by atoms with Crippen molar-refractivity contribution in [3.05, 3.63) is 63.7 Å². The quantitative estimate of drug-likeness (QED) is 0.473. The largest absolute Gasteiger partial charge is 0.493 e. The summed E-state index contributed by atoms with van der Waals surface area (Å²) in [5, 5.41) is 13.4. The smallest absolute Gasteiger partial charge is 0.271 e. The van der Waals surface area contributed by atoms with Crippen LogP contribution < -0.4 is 14.8 Å². The van der Waals surface area contributed by atoms with E-state index in [4.69, 9.17) is 9.47 Å². The molecule has 1 heterocycles. The molecule has 7 heteroatoms. The number of hydrogen-bond acceptors (Lipinski definition) is 5. The van der Waals surface area contributed by atoms with Gasteiger partial charge in [-0.25, -0.2) is 0 Å². The Hall–Kier alpha value is -3.35. The van der Waals surface area contributed by atoms with Crippen molar-refractivity contribution in [1.29, 1.82) is 0 Å². The molecular weight excluding hydrogens is 348 g/mol. The van der Waals surface area contributed by atoms with Gasteiger partial charge in [-0.1, -0.05) is 6.07 Å². The number of anilines is 1. The number of nitro benzene ring substituents is 1. The molecule has 0 saturated heterocycles. The van der Waals surface area contributed by atoms with Crippen molar-refractivity contribution in [1.82, 2.24) is 0 Å². The van der Waals surface area contributed by atoms with Crippen LogP contribution in [0.2, 0.25) is 0 Å². The van der Waals surface area contributed by atoms with Crippen LogP contribution in [0.15, 0.2) is 42.5 Å². The van der Waals surface area contributed by atoms with E-state index in [1.54, 1.807) is 12.1 Å². The highest BCUT2D eigenvalue weighted by Gasteiger charge is 2.21. The number of rotatable bonds is 6. The first kappa shape index (κ1) is 18.4. The fraction of sp³-hybridized carbons (Fsp3) is 0.250. The number of hydrogen-bond donors (Lipinski definition) is 1. The Morgan fingerprint density at radius 2 is 2.22 bits per heavy atom. The predicted molar refractivity (Wildman–Crippen MR) is 102 cm³/mol. The lowest BCUT2D eigenvalue weighted by Crippen LogP contribution is -2.08. The second kappa shape index (κ2) is 7.90. The van der Waals surface area contributed by atoms with Gasteiger partial charge in [-0.3, -0.25) is 14.9 Å². The first-order chi connectivity index (χ1) is 13.0. The van der Waals surface area contributed by atoms with Crippen LogP contribution in [0.5, 0.6) is 11.5 Å². The monoisotopic (exact) mass is 368 g/mol. The minimum atomic E-state index is -0.509. The lowest BCUT2D eigenvalue weighted by Gasteiger charge is -2.10. The van der Waals surface area contributed by atoms with Crippen molar-refractivity contribution >= 4 is 23.4 Å². The lowest BCUT2D eigenvalue weighted by atomic mass is 10.1. The first-order valence-corrected chi connectivity index (χ1v) is 8.66. The van der Waals surface area contributed by atoms with E-state index in [-0.39, 0.29) is 11.8 Å². The van der Waals surface area contributed by atoms with Crippen molar-refractivity contribution in [2.75, 3.05) is 11.9 Å². The molecule has 1 N–H and O–H groups in total. The topological polar surface area (TPSA) is 90.7 Å². The highest BCUT2D eigenvalue weighted by atomic mass is 16.6. The molecule has 1 atom stereocenters. The Kier molecular flexibility index (Phi) is 5.40. The van der Waals surface area contributed by atoms with Gasteiger partial charge in [0.1, 0.15) is 17.6 Å². The molecule has 27 heavy (non-hydrogen) atoms. The minimum Gasteiger partial charge on any atom is -0.493 e. The van der Waals surface area contributed by atoms with E-state index in [1.807, 2.05) is 26.0 Å². The summed E-state index contributed by atoms with van der Waals surface area (Å²) >= 11 is 0. The number of ether oxygens (including phenoxy) is 2. The van der Waals surface area contributed by atoms with E-state index in [0.717, 1.165) is 23.3 Å². The summed E-state index contributed by atoms with van der Waals surface area (Å²) in [7, 11) is 0. The summed E-state index contributed by atoms with van der Waals surface area (Å²) in [6.07, 6.45) is 3.95. The molecule has 0 radical (unpaired) electrons. The van der Waals surface area contributed by atoms with Crippen molar-refractivity contribution in [3.8, 4) is 11.5 Å². The third kappa shape index (κ3) is 4.44. The van der Waals surface area contributed by atoms with Crippen LogP contribution in [0.25, 0.3) is 6.08 Å². The summed E-state index contributed by atoms with van der Waals surface area (Å²) in [5.74, 6) is 1.09. The van der Waals surface area contributed by atoms with E-state index >= 15 is 0 Å². The number of fused-ring (bicyclic) bond motifs is 1. The maximum atomic E-state index is 12.2. The van der Waals surface area contributed by atoms with E-state index in [2.05, 4.69) is 5.32 Å². The molecule has 140 valence electrons. The van der Waals surface area contributed by atoms with Gasteiger partial charge < -0.3 is 14.8 Å². The fourth-order valence-electron chi connectivity index (χ4n) is 2.91. The Morgan fingerprint density at radius 3 is 2.96 bits per heavy atom. The fourth-order valence-corrected chi connectivity index (χ4v) is 2.91. The molecule has 0 fully saturated rings. The normalized spacial score (nSPS) is 15.3. The molecule has 0 saturated carbocycles. The molecule has 1 aliphatic heterocycles. The SMILES string of the molecule is CCOc1cc2c(cc1/C=C/C(=O)Nc1cccc([N+](=O)[O-])c1)O[C@H](C)C2. The zero-order chi connectivity index (χ0) is 19.4. The highest BCUT2D eigenvalue weighted by molar-refractivity contribution is 6.02. The zero-order valence-corrected chi connectivity index (χ0v) is 15.1. The van der Waals surface area contributed by atoms with Crippen molar-refractivity contribution in [2.45, 2.75) is 26.4 Å². The second-order valence-corrected chi connectivity index (χ2v) is 6.19. The van der Waals surface area contributed by atoms with Crippen LogP contribution in [0, 0.1) is 10.1 Å². The van der Waals surface area contributed by atoms with Crippen LogP contribution in [0.1, 0.15) is 25.0 Å². The van der Waals surface area contributed by atoms with Gasteiger partial charge in [0.25, 0.3) is 5.69 Å². The van der Waals surface area contributed by atoms with Crippen LogP contribution in [0.3, 0.4) is 0 Å². The highest BCUT2D eigenvalue weighted by Crippen LogP contribution is 2.35. The van der Waals surface area contributed by atoms with Crippen molar-refractivity contribution < 1.29 is 19.2 Å². The first-order valence-electron chi connectivity index (χ1n) is 8.66. The molecule has 0 unspecified atom stereocenters. The number of carbonyl (C=O) groups is 1. The summed E-state index contributed by atoms with van der Waals surface area (Å²) in [6, 6.07) is 9.59. The van der Waals surface area contributed by atoms with E-state index < -0.39 is 10.8 Å². The molecule has 0 aromatic heterocycles. The number of amides is 1. The van der Waals surface area contributed by atoms with Gasteiger partial charge >= 0.3 is 0 Å². The van der Waals surface area contributed by atoms with Gasteiger partial charge in [0.05, 0.1) is 11.5 Å². The maximum absolute atomic E-state index is 12.2. The number of nitro groups is 1. The van der Waals surface area contributed by atoms with Crippen LogP contribution >= 0.6 is 0 Å². The molecule has 2 aromatic rings. The molecule has 1 aliphatic rings. The number of non-ortho nitro benzene ring substituents is 1. The number of benzene rings is 2. The van der Waals surface area contributed by atoms with Gasteiger partial charge in [0.15, 0.2) is 0 Å². The third-order valence-corrected chi connectivity index (χ3v) is 4.07. The molecule has 7 nitrogen and oxygen atoms in total. The Balaban J connectivity index is 1.77.